The van der Waals surface area contributed by atoms with Crippen molar-refractivity contribution in [2.45, 2.75) is 45.3 Å². The summed E-state index contributed by atoms with van der Waals surface area (Å²) < 4.78 is 8.43. The van der Waals surface area contributed by atoms with Crippen LogP contribution in [0.3, 0.4) is 0 Å². The van der Waals surface area contributed by atoms with Gasteiger partial charge in [0.15, 0.2) is 0 Å². The van der Waals surface area contributed by atoms with E-state index in [2.05, 4.69) is 33.9 Å². The highest BCUT2D eigenvalue weighted by atomic mass is 16.5. The molecule has 0 radical (unpaired) electrons. The molecule has 0 bridgehead atoms. The molecule has 3 N–H and O–H groups in total. The van der Waals surface area contributed by atoms with Crippen molar-refractivity contribution < 1.29 is 14.6 Å². The highest BCUT2D eigenvalue weighted by Crippen LogP contribution is 2.37. The fourth-order valence-corrected chi connectivity index (χ4v) is 5.13. The number of hydrogen-bond donors (Lipinski definition) is 2. The van der Waals surface area contributed by atoms with Crippen molar-refractivity contribution in [3.63, 3.8) is 0 Å². The van der Waals surface area contributed by atoms with Crippen molar-refractivity contribution in [2.24, 2.45) is 0 Å². The minimum atomic E-state index is -0.880. The monoisotopic (exact) mass is 492 g/mol. The minimum absolute atomic E-state index is 0.0819. The summed E-state index contributed by atoms with van der Waals surface area (Å²) in [5.74, 6) is 0.238. The normalized spacial score (nSPS) is 13.6. The number of pyridine rings is 1. The number of hydrogen-bond acceptors (Lipinski definition) is 5. The number of aromatic nitrogens is 3. The number of aryl methyl sites for hydroxylation is 1. The third-order valence-electron chi connectivity index (χ3n) is 7.30. The first-order valence-corrected chi connectivity index (χ1v) is 12.6. The predicted octanol–water partition coefficient (Wildman–Crippen LogP) is 6.07. The van der Waals surface area contributed by atoms with Crippen LogP contribution in [-0.2, 0) is 17.8 Å². The number of anilines is 1. The summed E-state index contributed by atoms with van der Waals surface area (Å²) in [4.78, 5) is 15.6. The van der Waals surface area contributed by atoms with E-state index in [0.29, 0.717) is 29.8 Å². The fraction of sp³-hybridized carbons (Fsp3) is 0.233. The van der Waals surface area contributed by atoms with Crippen molar-refractivity contribution in [1.29, 1.82) is 0 Å². The summed E-state index contributed by atoms with van der Waals surface area (Å²) in [5, 5.41) is 17.3. The fourth-order valence-electron chi connectivity index (χ4n) is 5.13. The summed E-state index contributed by atoms with van der Waals surface area (Å²) in [6.07, 6.45) is 5.04. The summed E-state index contributed by atoms with van der Waals surface area (Å²) in [6, 6.07) is 20.4. The summed E-state index contributed by atoms with van der Waals surface area (Å²) in [7, 11) is 0. The number of carboxylic acid groups (broad SMARTS) is 1. The first-order chi connectivity index (χ1) is 18.0. The summed E-state index contributed by atoms with van der Waals surface area (Å²) >= 11 is 0. The third-order valence-corrected chi connectivity index (χ3v) is 7.30. The molecular formula is C30H28N4O3. The highest BCUT2D eigenvalue weighted by Gasteiger charge is 2.25. The van der Waals surface area contributed by atoms with E-state index in [1.807, 2.05) is 43.3 Å². The molecule has 1 saturated carbocycles. The zero-order valence-electron chi connectivity index (χ0n) is 20.6. The van der Waals surface area contributed by atoms with Gasteiger partial charge in [-0.05, 0) is 72.5 Å². The van der Waals surface area contributed by atoms with E-state index < -0.39 is 5.97 Å². The number of nitrogens with zero attached hydrogens (tertiary/aromatic N) is 3. The molecule has 0 aliphatic heterocycles. The molecule has 7 nitrogen and oxygen atoms in total. The van der Waals surface area contributed by atoms with Gasteiger partial charge in [-0.3, -0.25) is 9.48 Å². The largest absolute Gasteiger partial charge is 0.487 e. The van der Waals surface area contributed by atoms with Gasteiger partial charge in [0, 0.05) is 22.5 Å². The molecule has 1 fully saturated rings. The van der Waals surface area contributed by atoms with Crippen LogP contribution in [0.4, 0.5) is 5.82 Å². The Bertz CT molecular complexity index is 1650. The average Bonchev–Trinajstić information content (AvgIpc) is 3.19. The van der Waals surface area contributed by atoms with Crippen LogP contribution in [0.1, 0.15) is 42.1 Å². The molecule has 2 aromatic heterocycles. The Labute approximate surface area is 214 Å². The number of ether oxygens (including phenoxy) is 1. The van der Waals surface area contributed by atoms with Gasteiger partial charge in [-0.2, -0.15) is 5.10 Å². The van der Waals surface area contributed by atoms with Gasteiger partial charge in [-0.1, -0.05) is 36.4 Å². The van der Waals surface area contributed by atoms with Crippen LogP contribution in [0.15, 0.2) is 66.9 Å². The number of carboxylic acids is 1. The number of aliphatic carboxylic acids is 1. The number of rotatable bonds is 7. The zero-order valence-corrected chi connectivity index (χ0v) is 20.6. The molecule has 0 spiro atoms. The maximum absolute atomic E-state index is 11.4. The molecule has 7 heteroatoms. The second-order valence-corrected chi connectivity index (χ2v) is 9.78. The van der Waals surface area contributed by atoms with Crippen molar-refractivity contribution in [1.82, 2.24) is 14.8 Å². The van der Waals surface area contributed by atoms with E-state index in [1.165, 1.54) is 6.42 Å². The van der Waals surface area contributed by atoms with Crippen LogP contribution in [-0.4, -0.2) is 25.8 Å². The second kappa shape index (κ2) is 9.24. The van der Waals surface area contributed by atoms with Gasteiger partial charge in [0.1, 0.15) is 18.2 Å². The maximum Gasteiger partial charge on any atom is 0.307 e. The maximum atomic E-state index is 11.4. The number of fused-ring (bicyclic) bond motifs is 2. The van der Waals surface area contributed by atoms with E-state index in [4.69, 9.17) is 15.6 Å². The molecule has 0 amide bonds. The van der Waals surface area contributed by atoms with Crippen molar-refractivity contribution >= 4 is 33.5 Å². The Hall–Kier alpha value is -4.39. The Morgan fingerprint density at radius 1 is 1.08 bits per heavy atom. The Kier molecular flexibility index (Phi) is 5.75. The van der Waals surface area contributed by atoms with Gasteiger partial charge < -0.3 is 15.6 Å². The van der Waals surface area contributed by atoms with Crippen molar-refractivity contribution in [3.05, 3.63) is 83.7 Å². The molecular weight excluding hydrogens is 464 g/mol. The standard InChI is InChI=1S/C30H28N4O3/c1-18-8-9-20(16-29(35)36)28(14-18)37-17-27-25-15-19(10-11-26(25)33-34(27)21-4-2-5-21)22-6-3-7-24-23(22)12-13-32-30(24)31/h3,6-15,21H,2,4-5,16-17H2,1H3,(H2,31,32)(H,35,36). The molecule has 1 aliphatic carbocycles. The van der Waals surface area contributed by atoms with Gasteiger partial charge in [-0.25, -0.2) is 4.98 Å². The number of carbonyl (C=O) groups is 1. The number of nitrogen functional groups attached to an aromatic ring is 1. The Morgan fingerprint density at radius 3 is 2.73 bits per heavy atom. The molecule has 2 heterocycles. The van der Waals surface area contributed by atoms with Crippen LogP contribution in [0.2, 0.25) is 0 Å². The van der Waals surface area contributed by atoms with E-state index in [9.17, 15) is 9.90 Å². The Morgan fingerprint density at radius 2 is 1.95 bits per heavy atom. The van der Waals surface area contributed by atoms with Gasteiger partial charge >= 0.3 is 5.97 Å². The lowest BCUT2D eigenvalue weighted by molar-refractivity contribution is -0.136. The van der Waals surface area contributed by atoms with Gasteiger partial charge in [0.2, 0.25) is 0 Å². The predicted molar refractivity (Wildman–Crippen MR) is 145 cm³/mol. The van der Waals surface area contributed by atoms with Crippen LogP contribution < -0.4 is 10.5 Å². The minimum Gasteiger partial charge on any atom is -0.487 e. The zero-order chi connectivity index (χ0) is 25.5. The molecule has 0 atom stereocenters. The average molecular weight is 493 g/mol. The van der Waals surface area contributed by atoms with Crippen LogP contribution in [0.5, 0.6) is 5.75 Å². The smallest absolute Gasteiger partial charge is 0.307 e. The van der Waals surface area contributed by atoms with Crippen LogP contribution in [0.25, 0.3) is 32.8 Å². The topological polar surface area (TPSA) is 103 Å². The molecule has 6 rings (SSSR count). The SMILES string of the molecule is Cc1ccc(CC(=O)O)c(OCc2c3cc(-c4cccc5c(N)nccc45)ccc3nn2C2CCC2)c1. The molecule has 3 aromatic carbocycles. The lowest BCUT2D eigenvalue weighted by Gasteiger charge is -2.27. The van der Waals surface area contributed by atoms with E-state index in [-0.39, 0.29) is 6.42 Å². The number of nitrogens with two attached hydrogens (primary N) is 1. The van der Waals surface area contributed by atoms with Crippen molar-refractivity contribution in [3.8, 4) is 16.9 Å². The van der Waals surface area contributed by atoms with Crippen LogP contribution >= 0.6 is 0 Å². The van der Waals surface area contributed by atoms with E-state index in [1.54, 1.807) is 6.20 Å². The Balaban J connectivity index is 1.44. The summed E-state index contributed by atoms with van der Waals surface area (Å²) in [5.41, 5.74) is 11.9. The summed E-state index contributed by atoms with van der Waals surface area (Å²) in [6.45, 7) is 2.28. The third kappa shape index (κ3) is 4.27. The second-order valence-electron chi connectivity index (χ2n) is 9.78. The molecule has 0 saturated heterocycles. The molecule has 37 heavy (non-hydrogen) atoms. The first-order valence-electron chi connectivity index (χ1n) is 12.6. The molecule has 5 aromatic rings. The highest BCUT2D eigenvalue weighted by molar-refractivity contribution is 6.02. The molecule has 0 unspecified atom stereocenters. The lowest BCUT2D eigenvalue weighted by atomic mass is 9.93. The molecule has 1 aliphatic rings. The van der Waals surface area contributed by atoms with Crippen LogP contribution in [0, 0.1) is 6.92 Å². The van der Waals surface area contributed by atoms with Gasteiger partial charge in [0.25, 0.3) is 0 Å². The first kappa shape index (κ1) is 23.0. The van der Waals surface area contributed by atoms with Crippen molar-refractivity contribution in [2.75, 3.05) is 5.73 Å². The van der Waals surface area contributed by atoms with Gasteiger partial charge in [-0.15, -0.1) is 0 Å². The lowest BCUT2D eigenvalue weighted by Crippen LogP contribution is -2.21. The quantitative estimate of drug-likeness (QED) is 0.286. The van der Waals surface area contributed by atoms with Gasteiger partial charge in [0.05, 0.1) is 23.7 Å². The van der Waals surface area contributed by atoms with E-state index >= 15 is 0 Å². The number of benzene rings is 3. The molecule has 186 valence electrons. The van der Waals surface area contributed by atoms with E-state index in [0.717, 1.165) is 56.9 Å².